The molecule has 2 N–H and O–H groups in total. The second-order valence-corrected chi connectivity index (χ2v) is 5.20. The maximum absolute atomic E-state index is 4.45. The van der Waals surface area contributed by atoms with Crippen LogP contribution in [-0.2, 0) is 0 Å². The van der Waals surface area contributed by atoms with Crippen LogP contribution in [-0.4, -0.2) is 37.1 Å². The Morgan fingerprint density at radius 1 is 1.25 bits per heavy atom. The molecule has 0 bridgehead atoms. The molecular formula is C13H19N7. The first-order valence-electron chi connectivity index (χ1n) is 6.99. The van der Waals surface area contributed by atoms with E-state index >= 15 is 0 Å². The molecule has 0 atom stereocenters. The van der Waals surface area contributed by atoms with Crippen molar-refractivity contribution in [2.24, 2.45) is 5.92 Å². The molecule has 0 saturated heterocycles. The van der Waals surface area contributed by atoms with Gasteiger partial charge in [0.15, 0.2) is 0 Å². The van der Waals surface area contributed by atoms with Crippen molar-refractivity contribution in [1.82, 2.24) is 24.5 Å². The maximum atomic E-state index is 4.45. The summed E-state index contributed by atoms with van der Waals surface area (Å²) in [6, 6.07) is 0.470. The molecule has 0 spiro atoms. The van der Waals surface area contributed by atoms with Crippen LogP contribution < -0.4 is 10.6 Å². The fraction of sp³-hybridized carbons (Fsp3) is 0.538. The Hall–Kier alpha value is -2.18. The molecule has 7 nitrogen and oxygen atoms in total. The van der Waals surface area contributed by atoms with Gasteiger partial charge in [-0.25, -0.2) is 4.98 Å². The Balaban J connectivity index is 1.84. The number of aromatic nitrogens is 5. The van der Waals surface area contributed by atoms with Crippen LogP contribution in [0, 0.1) is 5.92 Å². The largest absolute Gasteiger partial charge is 0.354 e. The fourth-order valence-corrected chi connectivity index (χ4v) is 2.36. The molecule has 1 saturated carbocycles. The van der Waals surface area contributed by atoms with Crippen molar-refractivity contribution in [2.45, 2.75) is 32.7 Å². The van der Waals surface area contributed by atoms with E-state index in [0.717, 1.165) is 12.5 Å². The summed E-state index contributed by atoms with van der Waals surface area (Å²) >= 11 is 0. The van der Waals surface area contributed by atoms with E-state index < -0.39 is 0 Å². The zero-order valence-electron chi connectivity index (χ0n) is 11.7. The minimum absolute atomic E-state index is 0.470. The highest BCUT2D eigenvalue weighted by atomic mass is 15.3. The quantitative estimate of drug-likeness (QED) is 0.863. The number of rotatable bonds is 5. The topological polar surface area (TPSA) is 80.5 Å². The second-order valence-electron chi connectivity index (χ2n) is 5.20. The molecule has 1 fully saturated rings. The van der Waals surface area contributed by atoms with Crippen LogP contribution in [0.25, 0.3) is 5.95 Å². The lowest BCUT2D eigenvalue weighted by Gasteiger charge is -2.33. The SMILES string of the molecule is CCNc1nc(NC2CC(C)C2)nc(-n2ccnc2)n1. The first-order valence-corrected chi connectivity index (χ1v) is 6.99. The first kappa shape index (κ1) is 12.8. The van der Waals surface area contributed by atoms with Crippen LogP contribution in [0.4, 0.5) is 11.9 Å². The molecule has 0 radical (unpaired) electrons. The van der Waals surface area contributed by atoms with E-state index in [4.69, 9.17) is 0 Å². The van der Waals surface area contributed by atoms with Gasteiger partial charge in [-0.15, -0.1) is 0 Å². The zero-order valence-corrected chi connectivity index (χ0v) is 11.7. The number of nitrogens with zero attached hydrogens (tertiary/aromatic N) is 5. The summed E-state index contributed by atoms with van der Waals surface area (Å²) in [7, 11) is 0. The normalized spacial score (nSPS) is 21.3. The standard InChI is InChI=1S/C13H19N7/c1-3-15-11-17-12(16-10-6-9(2)7-10)19-13(18-11)20-5-4-14-8-20/h4-5,8-10H,3,6-7H2,1-2H3,(H2,15,16,17,18,19). The predicted octanol–water partition coefficient (Wildman–Crippen LogP) is 1.70. The van der Waals surface area contributed by atoms with Crippen LogP contribution in [0.1, 0.15) is 26.7 Å². The van der Waals surface area contributed by atoms with Crippen molar-refractivity contribution >= 4 is 11.9 Å². The summed E-state index contributed by atoms with van der Waals surface area (Å²) in [6.07, 6.45) is 7.54. The highest BCUT2D eigenvalue weighted by molar-refractivity contribution is 5.39. The summed E-state index contributed by atoms with van der Waals surface area (Å²) in [5, 5.41) is 6.51. The molecule has 2 aromatic rings. The highest BCUT2D eigenvalue weighted by Crippen LogP contribution is 2.28. The molecule has 2 aromatic heterocycles. The second kappa shape index (κ2) is 5.44. The van der Waals surface area contributed by atoms with Gasteiger partial charge in [0.05, 0.1) is 0 Å². The third-order valence-electron chi connectivity index (χ3n) is 3.40. The summed E-state index contributed by atoms with van der Waals surface area (Å²) in [4.78, 5) is 17.3. The summed E-state index contributed by atoms with van der Waals surface area (Å²) in [5.41, 5.74) is 0. The van der Waals surface area contributed by atoms with E-state index in [1.165, 1.54) is 12.8 Å². The van der Waals surface area contributed by atoms with Gasteiger partial charge >= 0.3 is 0 Å². The molecule has 1 aliphatic carbocycles. The van der Waals surface area contributed by atoms with E-state index in [-0.39, 0.29) is 0 Å². The average molecular weight is 273 g/mol. The van der Waals surface area contributed by atoms with Crippen molar-refractivity contribution in [2.75, 3.05) is 17.2 Å². The van der Waals surface area contributed by atoms with Crippen LogP contribution in [0.2, 0.25) is 0 Å². The van der Waals surface area contributed by atoms with Crippen molar-refractivity contribution in [3.05, 3.63) is 18.7 Å². The van der Waals surface area contributed by atoms with Crippen molar-refractivity contribution in [3.8, 4) is 5.95 Å². The number of hydrogen-bond acceptors (Lipinski definition) is 6. The third-order valence-corrected chi connectivity index (χ3v) is 3.40. The van der Waals surface area contributed by atoms with Gasteiger partial charge in [0.25, 0.3) is 0 Å². The van der Waals surface area contributed by atoms with Gasteiger partial charge in [0.1, 0.15) is 6.33 Å². The smallest absolute Gasteiger partial charge is 0.241 e. The molecule has 20 heavy (non-hydrogen) atoms. The molecule has 7 heteroatoms. The number of anilines is 2. The van der Waals surface area contributed by atoms with Crippen LogP contribution in [0.5, 0.6) is 0 Å². The van der Waals surface area contributed by atoms with E-state index in [9.17, 15) is 0 Å². The summed E-state index contributed by atoms with van der Waals surface area (Å²) in [5.74, 6) is 2.57. The number of imidazole rings is 1. The third kappa shape index (κ3) is 2.71. The molecule has 3 rings (SSSR count). The minimum Gasteiger partial charge on any atom is -0.354 e. The molecular weight excluding hydrogens is 254 g/mol. The van der Waals surface area contributed by atoms with Gasteiger partial charge in [-0.05, 0) is 25.7 Å². The Kier molecular flexibility index (Phi) is 3.49. The lowest BCUT2D eigenvalue weighted by atomic mass is 9.82. The van der Waals surface area contributed by atoms with Gasteiger partial charge < -0.3 is 10.6 Å². The maximum Gasteiger partial charge on any atom is 0.241 e. The lowest BCUT2D eigenvalue weighted by molar-refractivity contribution is 0.308. The molecule has 0 amide bonds. The van der Waals surface area contributed by atoms with Crippen molar-refractivity contribution < 1.29 is 0 Å². The molecule has 0 unspecified atom stereocenters. The number of nitrogens with one attached hydrogen (secondary N) is 2. The molecule has 2 heterocycles. The Labute approximate surface area is 117 Å². The van der Waals surface area contributed by atoms with Gasteiger partial charge in [-0.1, -0.05) is 6.92 Å². The van der Waals surface area contributed by atoms with Crippen LogP contribution in [0.15, 0.2) is 18.7 Å². The van der Waals surface area contributed by atoms with E-state index in [1.807, 2.05) is 13.1 Å². The van der Waals surface area contributed by atoms with E-state index in [0.29, 0.717) is 23.9 Å². The Morgan fingerprint density at radius 2 is 2.05 bits per heavy atom. The molecule has 1 aliphatic rings. The lowest BCUT2D eigenvalue weighted by Crippen LogP contribution is -2.34. The Morgan fingerprint density at radius 3 is 2.70 bits per heavy atom. The first-order chi connectivity index (χ1) is 9.74. The van der Waals surface area contributed by atoms with Gasteiger partial charge in [0, 0.05) is 25.0 Å². The van der Waals surface area contributed by atoms with Gasteiger partial charge in [0.2, 0.25) is 17.8 Å². The Bertz CT molecular complexity index is 560. The predicted molar refractivity (Wildman–Crippen MR) is 76.9 cm³/mol. The number of hydrogen-bond donors (Lipinski definition) is 2. The van der Waals surface area contributed by atoms with Crippen molar-refractivity contribution in [1.29, 1.82) is 0 Å². The monoisotopic (exact) mass is 273 g/mol. The highest BCUT2D eigenvalue weighted by Gasteiger charge is 2.26. The average Bonchev–Trinajstić information content (AvgIpc) is 2.91. The van der Waals surface area contributed by atoms with Crippen LogP contribution in [0.3, 0.4) is 0 Å². The molecule has 0 aliphatic heterocycles. The van der Waals surface area contributed by atoms with Gasteiger partial charge in [-0.2, -0.15) is 15.0 Å². The van der Waals surface area contributed by atoms with E-state index in [1.54, 1.807) is 17.1 Å². The molecule has 0 aromatic carbocycles. The summed E-state index contributed by atoms with van der Waals surface area (Å²) < 4.78 is 1.77. The van der Waals surface area contributed by atoms with Crippen molar-refractivity contribution in [3.63, 3.8) is 0 Å². The molecule has 106 valence electrons. The van der Waals surface area contributed by atoms with E-state index in [2.05, 4.69) is 37.5 Å². The van der Waals surface area contributed by atoms with Crippen LogP contribution >= 0.6 is 0 Å². The minimum atomic E-state index is 0.470. The fourth-order valence-electron chi connectivity index (χ4n) is 2.36. The zero-order chi connectivity index (χ0) is 13.9. The summed E-state index contributed by atoms with van der Waals surface area (Å²) in [6.45, 7) is 5.04. The van der Waals surface area contributed by atoms with Gasteiger partial charge in [-0.3, -0.25) is 4.57 Å².